The van der Waals surface area contributed by atoms with Gasteiger partial charge in [-0.2, -0.15) is 5.26 Å². The smallest absolute Gasteiger partial charge is 0.212 e. The van der Waals surface area contributed by atoms with E-state index < -0.39 is 0 Å². The highest BCUT2D eigenvalue weighted by Gasteiger charge is 2.26. The Labute approximate surface area is 329 Å². The molecule has 0 radical (unpaired) electrons. The van der Waals surface area contributed by atoms with Crippen molar-refractivity contribution in [2.24, 2.45) is 0 Å². The van der Waals surface area contributed by atoms with Gasteiger partial charge in [0.15, 0.2) is 11.2 Å². The lowest BCUT2D eigenvalue weighted by molar-refractivity contribution is 0.670. The summed E-state index contributed by atoms with van der Waals surface area (Å²) < 4.78 is 17.7. The number of aromatic nitrogens is 2. The molecular weight excluding hydrogens is 713 g/mol. The molecule has 0 aliphatic carbocycles. The van der Waals surface area contributed by atoms with Crippen LogP contribution in [0.5, 0.6) is 0 Å². The van der Waals surface area contributed by atoms with E-state index in [1.807, 2.05) is 48.5 Å². The Morgan fingerprint density at radius 3 is 1.45 bits per heavy atom. The molecule has 0 fully saturated rings. The van der Waals surface area contributed by atoms with Gasteiger partial charge in [-0.25, -0.2) is 4.85 Å². The van der Waals surface area contributed by atoms with E-state index in [2.05, 4.69) is 129 Å². The maximum atomic E-state index is 11.2. The van der Waals surface area contributed by atoms with Gasteiger partial charge in [-0.3, -0.25) is 0 Å². The zero-order valence-electron chi connectivity index (χ0n) is 30.6. The summed E-state index contributed by atoms with van der Waals surface area (Å²) in [6.07, 6.45) is 0. The number of nitriles is 1. The molecule has 0 aliphatic heterocycles. The van der Waals surface area contributed by atoms with Gasteiger partial charge in [-0.15, -0.1) is 0 Å². The highest BCUT2D eigenvalue weighted by molar-refractivity contribution is 6.29. The zero-order valence-corrected chi connectivity index (χ0v) is 30.6. The van der Waals surface area contributed by atoms with Crippen LogP contribution < -0.4 is 0 Å². The first-order valence-corrected chi connectivity index (χ1v) is 19.2. The minimum Gasteiger partial charge on any atom is -0.454 e. The third kappa shape index (κ3) is 3.88. The molecule has 13 aromatic rings. The molecule has 0 atom stereocenters. The molecule has 6 heteroatoms. The van der Waals surface area contributed by atoms with Gasteiger partial charge in [-0.1, -0.05) is 109 Å². The second kappa shape index (κ2) is 11.1. The maximum absolute atomic E-state index is 11.2. The van der Waals surface area contributed by atoms with Crippen LogP contribution >= 0.6 is 0 Å². The molecule has 58 heavy (non-hydrogen) atoms. The number of para-hydroxylation sites is 2. The van der Waals surface area contributed by atoms with E-state index in [9.17, 15) is 5.26 Å². The fourth-order valence-electron chi connectivity index (χ4n) is 9.71. The second-order valence-corrected chi connectivity index (χ2v) is 15.0. The fraction of sp³-hybridized carbons (Fsp3) is 0. The second-order valence-electron chi connectivity index (χ2n) is 15.0. The summed E-state index contributed by atoms with van der Waals surface area (Å²) >= 11 is 0. The first kappa shape index (κ1) is 30.9. The van der Waals surface area contributed by atoms with Crippen molar-refractivity contribution >= 4 is 115 Å². The average molecular weight is 739 g/mol. The average Bonchev–Trinajstić information content (AvgIpc) is 4.03. The molecule has 0 unspecified atom stereocenters. The van der Waals surface area contributed by atoms with Crippen molar-refractivity contribution in [1.29, 1.82) is 5.26 Å². The predicted octanol–water partition coefficient (Wildman–Crippen LogP) is 14.4. The third-order valence-corrected chi connectivity index (χ3v) is 12.1. The van der Waals surface area contributed by atoms with Crippen molar-refractivity contribution in [3.05, 3.63) is 175 Å². The van der Waals surface area contributed by atoms with Gasteiger partial charge >= 0.3 is 0 Å². The molecule has 0 bridgehead atoms. The Morgan fingerprint density at radius 2 is 0.931 bits per heavy atom. The van der Waals surface area contributed by atoms with Crippen LogP contribution in [0.1, 0.15) is 5.56 Å². The summed E-state index contributed by atoms with van der Waals surface area (Å²) in [4.78, 5) is 4.23. The predicted molar refractivity (Wildman–Crippen MR) is 236 cm³/mol. The third-order valence-electron chi connectivity index (χ3n) is 12.1. The van der Waals surface area contributed by atoms with Crippen molar-refractivity contribution in [3.63, 3.8) is 0 Å². The number of hydrogen-bond donors (Lipinski definition) is 0. The molecule has 0 spiro atoms. The van der Waals surface area contributed by atoms with Gasteiger partial charge in [0.1, 0.15) is 17.2 Å². The van der Waals surface area contributed by atoms with Crippen LogP contribution in [0.3, 0.4) is 0 Å². The molecule has 13 rings (SSSR count). The Hall–Kier alpha value is -8.32. The molecular formula is C52H26N4O2. The van der Waals surface area contributed by atoms with Gasteiger partial charge < -0.3 is 18.0 Å². The lowest BCUT2D eigenvalue weighted by Gasteiger charge is -2.16. The molecule has 266 valence electrons. The molecule has 0 amide bonds. The van der Waals surface area contributed by atoms with Crippen LogP contribution in [0.2, 0.25) is 0 Å². The minimum absolute atomic E-state index is 0.404. The number of furan rings is 2. The van der Waals surface area contributed by atoms with Gasteiger partial charge in [-0.05, 0) is 70.1 Å². The summed E-state index contributed by atoms with van der Waals surface area (Å²) in [7, 11) is 0. The van der Waals surface area contributed by atoms with Crippen molar-refractivity contribution < 1.29 is 8.83 Å². The summed E-state index contributed by atoms with van der Waals surface area (Å²) in [5, 5.41) is 23.8. The first-order valence-electron chi connectivity index (χ1n) is 19.2. The van der Waals surface area contributed by atoms with E-state index in [4.69, 9.17) is 15.4 Å². The van der Waals surface area contributed by atoms with E-state index in [0.717, 1.165) is 109 Å². The summed E-state index contributed by atoms with van der Waals surface area (Å²) in [5.41, 5.74) is 8.67. The van der Waals surface area contributed by atoms with Gasteiger partial charge in [0.05, 0.1) is 45.6 Å². The topological polar surface area (TPSA) is 64.3 Å². The Kier molecular flexibility index (Phi) is 5.94. The Bertz CT molecular complexity index is 3800. The van der Waals surface area contributed by atoms with E-state index in [1.54, 1.807) is 0 Å². The molecule has 4 aromatic heterocycles. The molecule has 0 aliphatic rings. The van der Waals surface area contributed by atoms with Crippen LogP contribution in [-0.2, 0) is 0 Å². The van der Waals surface area contributed by atoms with Crippen molar-refractivity contribution in [3.8, 4) is 17.4 Å². The van der Waals surface area contributed by atoms with Gasteiger partial charge in [0, 0.05) is 43.1 Å². The number of fused-ring (bicyclic) bond motifs is 18. The van der Waals surface area contributed by atoms with Crippen LogP contribution in [0, 0.1) is 17.9 Å². The number of hydrogen-bond acceptors (Lipinski definition) is 3. The standard InChI is InChI=1S/C52H26N4O2/c1-54-40-27-43(55-41-24-18-29-10-2-4-12-32(29)47(41)38-22-20-36-34-14-6-8-16-45(34)57-51(36)49(38)55)31(28-53)26-44(40)56-42-25-19-30-11-3-5-13-33(30)48(42)39-23-21-37-35-15-7-9-17-46(35)58-52(37)50(39)56/h2-27H. The van der Waals surface area contributed by atoms with Crippen LogP contribution in [0.25, 0.3) is 125 Å². The maximum Gasteiger partial charge on any atom is 0.212 e. The normalized spacial score (nSPS) is 12.1. The quantitative estimate of drug-likeness (QED) is 0.166. The Balaban J connectivity index is 1.19. The van der Waals surface area contributed by atoms with Crippen molar-refractivity contribution in [2.45, 2.75) is 0 Å². The highest BCUT2D eigenvalue weighted by atomic mass is 16.3. The summed E-state index contributed by atoms with van der Waals surface area (Å²) in [6, 6.07) is 56.4. The van der Waals surface area contributed by atoms with Crippen LogP contribution in [-0.4, -0.2) is 9.13 Å². The zero-order chi connectivity index (χ0) is 38.2. The SMILES string of the molecule is [C-]#[N+]c1cc(-n2c3ccc4ccccc4c3c3ccc4c5ccccc5oc4c32)c(C#N)cc1-n1c2ccc3ccccc3c2c2ccc3c4ccccc4oc3c21. The van der Waals surface area contributed by atoms with E-state index in [1.165, 1.54) is 0 Å². The summed E-state index contributed by atoms with van der Waals surface area (Å²) in [5.74, 6) is 0. The van der Waals surface area contributed by atoms with Gasteiger partial charge in [0.2, 0.25) is 5.69 Å². The van der Waals surface area contributed by atoms with E-state index >= 15 is 0 Å². The molecule has 0 saturated heterocycles. The van der Waals surface area contributed by atoms with E-state index in [-0.39, 0.29) is 0 Å². The van der Waals surface area contributed by atoms with Gasteiger partial charge in [0.25, 0.3) is 0 Å². The lowest BCUT2D eigenvalue weighted by atomic mass is 10.0. The monoisotopic (exact) mass is 738 g/mol. The highest BCUT2D eigenvalue weighted by Crippen LogP contribution is 2.47. The number of rotatable bonds is 2. The Morgan fingerprint density at radius 1 is 0.466 bits per heavy atom. The molecule has 0 saturated carbocycles. The molecule has 4 heterocycles. The summed E-state index contributed by atoms with van der Waals surface area (Å²) in [6.45, 7) is 8.75. The minimum atomic E-state index is 0.404. The van der Waals surface area contributed by atoms with Crippen LogP contribution in [0.15, 0.2) is 167 Å². The molecule has 9 aromatic carbocycles. The van der Waals surface area contributed by atoms with Crippen LogP contribution in [0.4, 0.5) is 5.69 Å². The van der Waals surface area contributed by atoms with Crippen molar-refractivity contribution in [1.82, 2.24) is 9.13 Å². The van der Waals surface area contributed by atoms with Crippen molar-refractivity contribution in [2.75, 3.05) is 0 Å². The number of benzene rings is 9. The largest absolute Gasteiger partial charge is 0.454 e. The fourth-order valence-corrected chi connectivity index (χ4v) is 9.71. The molecule has 6 nitrogen and oxygen atoms in total. The first-order chi connectivity index (χ1) is 28.7. The molecule has 0 N–H and O–H groups in total. The number of nitrogens with zero attached hydrogens (tertiary/aromatic N) is 4. The lowest BCUT2D eigenvalue weighted by Crippen LogP contribution is -2.02. The van der Waals surface area contributed by atoms with E-state index in [0.29, 0.717) is 22.6 Å².